The van der Waals surface area contributed by atoms with Gasteiger partial charge in [0.25, 0.3) is 0 Å². The quantitative estimate of drug-likeness (QED) is 0.151. The summed E-state index contributed by atoms with van der Waals surface area (Å²) >= 11 is 0. The standard InChI is InChI=1S/C42H31FN4O2S/c1-50(48,49)37-24-19-31(20-25-37)41-38(32-21-26-40-44-27-39(46(40)28-32)30-17-22-36(43)23-18-30)29-47(45-41)42(33-11-5-2-6-12-33,34-13-7-3-8-14-34)35-15-9-4-10-16-35/h2-29H,1H3. The molecule has 0 aliphatic carbocycles. The molecular formula is C42H31FN4O2S. The number of hydrogen-bond acceptors (Lipinski definition) is 4. The number of benzene rings is 5. The number of pyridine rings is 1. The third-order valence-corrected chi connectivity index (χ3v) is 10.3. The lowest BCUT2D eigenvalue weighted by Gasteiger charge is -2.36. The van der Waals surface area contributed by atoms with Crippen LogP contribution in [0.25, 0.3) is 39.3 Å². The van der Waals surface area contributed by atoms with E-state index in [2.05, 4.69) is 47.6 Å². The minimum Gasteiger partial charge on any atom is -0.299 e. The van der Waals surface area contributed by atoms with E-state index in [0.717, 1.165) is 50.3 Å². The highest BCUT2D eigenvalue weighted by Crippen LogP contribution is 2.43. The lowest BCUT2D eigenvalue weighted by Crippen LogP contribution is -2.38. The van der Waals surface area contributed by atoms with Crippen molar-refractivity contribution in [3.05, 3.63) is 193 Å². The van der Waals surface area contributed by atoms with Crippen molar-refractivity contribution in [3.63, 3.8) is 0 Å². The number of fused-ring (bicyclic) bond motifs is 1. The molecule has 0 radical (unpaired) electrons. The fraction of sp³-hybridized carbons (Fsp3) is 0.0476. The second-order valence-corrected chi connectivity index (χ2v) is 14.3. The largest absolute Gasteiger partial charge is 0.299 e. The van der Waals surface area contributed by atoms with Gasteiger partial charge in [-0.1, -0.05) is 103 Å². The maximum absolute atomic E-state index is 13.8. The molecule has 8 heteroatoms. The van der Waals surface area contributed by atoms with Gasteiger partial charge < -0.3 is 0 Å². The molecule has 0 unspecified atom stereocenters. The van der Waals surface area contributed by atoms with Crippen molar-refractivity contribution in [1.82, 2.24) is 19.2 Å². The molecule has 0 saturated heterocycles. The summed E-state index contributed by atoms with van der Waals surface area (Å²) in [5, 5.41) is 5.41. The van der Waals surface area contributed by atoms with E-state index < -0.39 is 15.4 Å². The Kier molecular flexibility index (Phi) is 7.73. The van der Waals surface area contributed by atoms with Gasteiger partial charge in [-0.25, -0.2) is 17.8 Å². The number of nitrogens with zero attached hydrogens (tertiary/aromatic N) is 4. The first kappa shape index (κ1) is 31.2. The topological polar surface area (TPSA) is 69.3 Å². The summed E-state index contributed by atoms with van der Waals surface area (Å²) in [6.45, 7) is 0. The zero-order valence-electron chi connectivity index (χ0n) is 27.1. The summed E-state index contributed by atoms with van der Waals surface area (Å²) in [6, 6.07) is 48.2. The van der Waals surface area contributed by atoms with Gasteiger partial charge in [0.05, 0.1) is 16.8 Å². The summed E-state index contributed by atoms with van der Waals surface area (Å²) in [6.07, 6.45) is 7.08. The zero-order chi connectivity index (χ0) is 34.3. The number of hydrogen-bond donors (Lipinski definition) is 0. The number of aromatic nitrogens is 4. The Bertz CT molecular complexity index is 2450. The third-order valence-electron chi connectivity index (χ3n) is 9.15. The normalized spacial score (nSPS) is 12.0. The average Bonchev–Trinajstić information content (AvgIpc) is 3.79. The molecule has 0 aliphatic rings. The van der Waals surface area contributed by atoms with E-state index in [1.54, 1.807) is 30.5 Å². The first-order chi connectivity index (χ1) is 24.3. The molecule has 8 aromatic rings. The van der Waals surface area contributed by atoms with Crippen LogP contribution in [0.3, 0.4) is 0 Å². The third kappa shape index (κ3) is 5.40. The number of imidazole rings is 1. The Hall–Kier alpha value is -6.12. The maximum Gasteiger partial charge on any atom is 0.175 e. The first-order valence-electron chi connectivity index (χ1n) is 16.1. The highest BCUT2D eigenvalue weighted by atomic mass is 32.2. The van der Waals surface area contributed by atoms with Gasteiger partial charge in [-0.3, -0.25) is 9.08 Å². The molecule has 5 aromatic carbocycles. The molecule has 0 bridgehead atoms. The van der Waals surface area contributed by atoms with Crippen LogP contribution >= 0.6 is 0 Å². The fourth-order valence-electron chi connectivity index (χ4n) is 6.74. The molecule has 0 fully saturated rings. The monoisotopic (exact) mass is 674 g/mol. The SMILES string of the molecule is CS(=O)(=O)c1ccc(-c2nn(C(c3ccccc3)(c3ccccc3)c3ccccc3)cc2-c2ccc3ncc(-c4ccc(F)cc4)n3c2)cc1. The van der Waals surface area contributed by atoms with Crippen molar-refractivity contribution in [3.8, 4) is 33.6 Å². The zero-order valence-corrected chi connectivity index (χ0v) is 27.9. The Morgan fingerprint density at radius 1 is 0.600 bits per heavy atom. The fourth-order valence-corrected chi connectivity index (χ4v) is 7.37. The van der Waals surface area contributed by atoms with Crippen molar-refractivity contribution in [1.29, 1.82) is 0 Å². The predicted octanol–water partition coefficient (Wildman–Crippen LogP) is 8.91. The lowest BCUT2D eigenvalue weighted by molar-refractivity contribution is 0.461. The molecule has 0 aliphatic heterocycles. The number of halogens is 1. The Balaban J connectivity index is 1.42. The highest BCUT2D eigenvalue weighted by Gasteiger charge is 2.40. The summed E-state index contributed by atoms with van der Waals surface area (Å²) in [5.41, 5.74) is 7.74. The van der Waals surface area contributed by atoms with Gasteiger partial charge in [-0.15, -0.1) is 0 Å². The van der Waals surface area contributed by atoms with E-state index in [1.807, 2.05) is 94.1 Å². The molecule has 3 heterocycles. The summed E-state index contributed by atoms with van der Waals surface area (Å²) in [5.74, 6) is -0.305. The van der Waals surface area contributed by atoms with E-state index in [0.29, 0.717) is 5.69 Å². The minimum absolute atomic E-state index is 0.234. The van der Waals surface area contributed by atoms with Crippen LogP contribution in [0, 0.1) is 5.82 Å². The van der Waals surface area contributed by atoms with Gasteiger partial charge in [-0.2, -0.15) is 5.10 Å². The molecule has 3 aromatic heterocycles. The van der Waals surface area contributed by atoms with Crippen LogP contribution in [-0.2, 0) is 15.4 Å². The van der Waals surface area contributed by atoms with Crippen molar-refractivity contribution >= 4 is 15.5 Å². The van der Waals surface area contributed by atoms with E-state index >= 15 is 0 Å². The molecule has 244 valence electrons. The average molecular weight is 675 g/mol. The van der Waals surface area contributed by atoms with E-state index in [9.17, 15) is 12.8 Å². The van der Waals surface area contributed by atoms with Crippen molar-refractivity contribution in [2.24, 2.45) is 0 Å². The van der Waals surface area contributed by atoms with Gasteiger partial charge in [-0.05, 0) is 65.2 Å². The van der Waals surface area contributed by atoms with Gasteiger partial charge in [0.2, 0.25) is 0 Å². The summed E-state index contributed by atoms with van der Waals surface area (Å²) in [7, 11) is -3.40. The van der Waals surface area contributed by atoms with Gasteiger partial charge >= 0.3 is 0 Å². The Labute approximate surface area is 289 Å². The summed E-state index contributed by atoms with van der Waals surface area (Å²) in [4.78, 5) is 4.85. The van der Waals surface area contributed by atoms with E-state index in [1.165, 1.54) is 18.4 Å². The van der Waals surface area contributed by atoms with Crippen LogP contribution in [0.2, 0.25) is 0 Å². The molecule has 8 rings (SSSR count). The Morgan fingerprint density at radius 2 is 1.12 bits per heavy atom. The van der Waals surface area contributed by atoms with Crippen LogP contribution in [0.15, 0.2) is 175 Å². The van der Waals surface area contributed by atoms with Crippen LogP contribution < -0.4 is 0 Å². The van der Waals surface area contributed by atoms with E-state index in [4.69, 9.17) is 5.10 Å². The van der Waals surface area contributed by atoms with Gasteiger partial charge in [0, 0.05) is 40.9 Å². The van der Waals surface area contributed by atoms with Crippen molar-refractivity contribution < 1.29 is 12.8 Å². The molecule has 0 atom stereocenters. The smallest absolute Gasteiger partial charge is 0.175 e. The number of sulfone groups is 1. The molecule has 6 nitrogen and oxygen atoms in total. The van der Waals surface area contributed by atoms with Crippen LogP contribution in [0.4, 0.5) is 4.39 Å². The van der Waals surface area contributed by atoms with E-state index in [-0.39, 0.29) is 10.7 Å². The second kappa shape index (κ2) is 12.4. The number of rotatable bonds is 8. The molecule has 50 heavy (non-hydrogen) atoms. The van der Waals surface area contributed by atoms with Crippen LogP contribution in [-0.4, -0.2) is 33.8 Å². The van der Waals surface area contributed by atoms with Gasteiger partial charge in [0.15, 0.2) is 9.84 Å². The van der Waals surface area contributed by atoms with Crippen molar-refractivity contribution in [2.45, 2.75) is 10.4 Å². The first-order valence-corrected chi connectivity index (χ1v) is 18.0. The molecule has 0 amide bonds. The predicted molar refractivity (Wildman–Crippen MR) is 195 cm³/mol. The maximum atomic E-state index is 13.8. The van der Waals surface area contributed by atoms with Crippen LogP contribution in [0.1, 0.15) is 16.7 Å². The second-order valence-electron chi connectivity index (χ2n) is 12.2. The molecule has 0 N–H and O–H groups in total. The summed E-state index contributed by atoms with van der Waals surface area (Å²) < 4.78 is 42.6. The molecule has 0 saturated carbocycles. The van der Waals surface area contributed by atoms with Crippen molar-refractivity contribution in [2.75, 3.05) is 6.26 Å². The van der Waals surface area contributed by atoms with Gasteiger partial charge in [0.1, 0.15) is 22.7 Å². The lowest BCUT2D eigenvalue weighted by atomic mass is 9.77. The molecular weight excluding hydrogens is 644 g/mol. The van der Waals surface area contributed by atoms with Crippen LogP contribution in [0.5, 0.6) is 0 Å². The minimum atomic E-state index is -3.40. The Morgan fingerprint density at radius 3 is 1.66 bits per heavy atom. The highest BCUT2D eigenvalue weighted by molar-refractivity contribution is 7.90. The molecule has 0 spiro atoms.